The Kier molecular flexibility index (Phi) is 8.24. The molecule has 0 fully saturated rings. The van der Waals surface area contributed by atoms with Crippen molar-refractivity contribution in [3.05, 3.63) is 90.1 Å². The molecule has 0 aliphatic rings. The molecule has 1 heterocycles. The summed E-state index contributed by atoms with van der Waals surface area (Å²) in [6.45, 7) is 3.85. The second kappa shape index (κ2) is 11.3. The lowest BCUT2D eigenvalue weighted by Gasteiger charge is -2.22. The molecule has 0 saturated heterocycles. The van der Waals surface area contributed by atoms with E-state index in [1.54, 1.807) is 18.0 Å². The van der Waals surface area contributed by atoms with E-state index in [4.69, 9.17) is 0 Å². The van der Waals surface area contributed by atoms with Crippen LogP contribution in [0.1, 0.15) is 25.0 Å². The van der Waals surface area contributed by atoms with Gasteiger partial charge in [-0.15, -0.1) is 11.8 Å². The third-order valence-electron chi connectivity index (χ3n) is 4.69. The number of amides is 2. The lowest BCUT2D eigenvalue weighted by atomic mass is 10.0. The van der Waals surface area contributed by atoms with Gasteiger partial charge in [0.1, 0.15) is 6.04 Å². The first-order valence-corrected chi connectivity index (χ1v) is 11.3. The molecule has 2 amide bonds. The van der Waals surface area contributed by atoms with Gasteiger partial charge < -0.3 is 10.6 Å². The van der Waals surface area contributed by atoms with Gasteiger partial charge in [0.2, 0.25) is 11.8 Å². The Balaban J connectivity index is 1.59. The molecule has 3 aromatic rings. The van der Waals surface area contributed by atoms with Crippen molar-refractivity contribution < 1.29 is 9.59 Å². The fourth-order valence-electron chi connectivity index (χ4n) is 3.09. The average Bonchev–Trinajstić information content (AvgIpc) is 2.77. The van der Waals surface area contributed by atoms with E-state index in [2.05, 4.69) is 15.6 Å². The fraction of sp³-hybridized carbons (Fsp3) is 0.240. The molecule has 1 atom stereocenters. The highest BCUT2D eigenvalue weighted by atomic mass is 32.2. The van der Waals surface area contributed by atoms with Gasteiger partial charge in [-0.25, -0.2) is 4.98 Å². The maximum absolute atomic E-state index is 12.9. The van der Waals surface area contributed by atoms with Gasteiger partial charge >= 0.3 is 0 Å². The Hall–Kier alpha value is -3.12. The highest BCUT2D eigenvalue weighted by molar-refractivity contribution is 7.98. The number of hydrogen-bond donors (Lipinski definition) is 2. The molecule has 1 aromatic heterocycles. The van der Waals surface area contributed by atoms with Crippen LogP contribution in [-0.4, -0.2) is 22.8 Å². The average molecular weight is 434 g/mol. The van der Waals surface area contributed by atoms with Gasteiger partial charge in [-0.3, -0.25) is 9.59 Å². The number of carbonyl (C=O) groups is 2. The van der Waals surface area contributed by atoms with Crippen molar-refractivity contribution in [3.8, 4) is 0 Å². The Bertz CT molecular complexity index is 994. The summed E-state index contributed by atoms with van der Waals surface area (Å²) in [4.78, 5) is 29.7. The van der Waals surface area contributed by atoms with Crippen molar-refractivity contribution in [2.45, 2.75) is 37.1 Å². The molecule has 6 heteroatoms. The van der Waals surface area contributed by atoms with E-state index in [0.717, 1.165) is 21.9 Å². The van der Waals surface area contributed by atoms with Crippen molar-refractivity contribution in [2.75, 3.05) is 5.32 Å². The van der Waals surface area contributed by atoms with Crippen LogP contribution in [0.4, 0.5) is 5.69 Å². The molecule has 0 bridgehead atoms. The summed E-state index contributed by atoms with van der Waals surface area (Å²) in [5.41, 5.74) is 2.72. The topological polar surface area (TPSA) is 71.1 Å². The third kappa shape index (κ3) is 7.26. The van der Waals surface area contributed by atoms with Crippen LogP contribution >= 0.6 is 11.8 Å². The number of anilines is 1. The van der Waals surface area contributed by atoms with Crippen LogP contribution in [0.25, 0.3) is 0 Å². The minimum atomic E-state index is -0.609. The summed E-state index contributed by atoms with van der Waals surface area (Å²) in [5.74, 6) is 0.330. The zero-order valence-corrected chi connectivity index (χ0v) is 18.6. The Morgan fingerprint density at radius 3 is 2.39 bits per heavy atom. The first-order chi connectivity index (χ1) is 15.0. The predicted molar refractivity (Wildman–Crippen MR) is 126 cm³/mol. The Morgan fingerprint density at radius 2 is 1.68 bits per heavy atom. The second-order valence-corrected chi connectivity index (χ2v) is 8.59. The summed E-state index contributed by atoms with van der Waals surface area (Å²) in [5, 5.41) is 6.79. The molecule has 0 aliphatic heterocycles. The van der Waals surface area contributed by atoms with E-state index < -0.39 is 6.04 Å². The molecule has 1 unspecified atom stereocenters. The van der Waals surface area contributed by atoms with Crippen molar-refractivity contribution in [1.29, 1.82) is 0 Å². The van der Waals surface area contributed by atoms with Gasteiger partial charge in [0.25, 0.3) is 0 Å². The Morgan fingerprint density at radius 1 is 0.935 bits per heavy atom. The highest BCUT2D eigenvalue weighted by Gasteiger charge is 2.24. The van der Waals surface area contributed by atoms with Crippen molar-refractivity contribution in [1.82, 2.24) is 10.3 Å². The third-order valence-corrected chi connectivity index (χ3v) is 5.71. The number of carbonyl (C=O) groups excluding carboxylic acids is 2. The molecular weight excluding hydrogens is 406 g/mol. The van der Waals surface area contributed by atoms with E-state index >= 15 is 0 Å². The van der Waals surface area contributed by atoms with Gasteiger partial charge in [-0.2, -0.15) is 0 Å². The number of thioether (sulfide) groups is 1. The van der Waals surface area contributed by atoms with Crippen LogP contribution in [0.3, 0.4) is 0 Å². The first-order valence-electron chi connectivity index (χ1n) is 10.3. The molecule has 0 radical (unpaired) electrons. The highest BCUT2D eigenvalue weighted by Crippen LogP contribution is 2.22. The van der Waals surface area contributed by atoms with E-state index in [-0.39, 0.29) is 24.2 Å². The molecule has 3 rings (SSSR count). The van der Waals surface area contributed by atoms with Crippen LogP contribution in [0.2, 0.25) is 0 Å². The molecule has 2 aromatic carbocycles. The van der Waals surface area contributed by atoms with Crippen LogP contribution in [0.15, 0.2) is 84.0 Å². The minimum Gasteiger partial charge on any atom is -0.344 e. The number of rotatable bonds is 9. The number of aromatic nitrogens is 1. The van der Waals surface area contributed by atoms with Crippen LogP contribution in [0.5, 0.6) is 0 Å². The van der Waals surface area contributed by atoms with E-state index in [1.165, 1.54) is 0 Å². The van der Waals surface area contributed by atoms with Gasteiger partial charge in [-0.1, -0.05) is 62.4 Å². The summed E-state index contributed by atoms with van der Waals surface area (Å²) >= 11 is 1.64. The Labute approximate surface area is 187 Å². The molecule has 5 nitrogen and oxygen atoms in total. The van der Waals surface area contributed by atoms with Crippen LogP contribution in [0, 0.1) is 5.92 Å². The lowest BCUT2D eigenvalue weighted by molar-refractivity contribution is -0.127. The van der Waals surface area contributed by atoms with Crippen LogP contribution < -0.4 is 10.6 Å². The molecule has 2 N–H and O–H groups in total. The van der Waals surface area contributed by atoms with Crippen molar-refractivity contribution in [3.63, 3.8) is 0 Å². The molecule has 0 saturated carbocycles. The zero-order chi connectivity index (χ0) is 22.1. The largest absolute Gasteiger partial charge is 0.344 e. The molecule has 160 valence electrons. The van der Waals surface area contributed by atoms with E-state index in [1.807, 2.05) is 86.6 Å². The summed E-state index contributed by atoms with van der Waals surface area (Å²) < 4.78 is 0. The molecule has 31 heavy (non-hydrogen) atoms. The van der Waals surface area contributed by atoms with Gasteiger partial charge in [0, 0.05) is 17.6 Å². The SMILES string of the molecule is CC(C)C(NC(=O)Cc1ccccc1)C(=O)Nc1cccc(CSc2ccccn2)c1. The molecular formula is C25H27N3O2S. The smallest absolute Gasteiger partial charge is 0.247 e. The number of nitrogens with one attached hydrogen (secondary N) is 2. The van der Waals surface area contributed by atoms with Gasteiger partial charge in [0.15, 0.2) is 0 Å². The lowest BCUT2D eigenvalue weighted by Crippen LogP contribution is -2.47. The van der Waals surface area contributed by atoms with Crippen molar-refractivity contribution >= 4 is 29.3 Å². The standard InChI is InChI=1S/C25H27N3O2S/c1-18(2)24(28-22(29)16-19-9-4-3-5-10-19)25(30)27-21-12-8-11-20(15-21)17-31-23-13-6-7-14-26-23/h3-15,18,24H,16-17H2,1-2H3,(H,27,30)(H,28,29). The fourth-order valence-corrected chi connectivity index (χ4v) is 3.89. The molecule has 0 spiro atoms. The van der Waals surface area contributed by atoms with E-state index in [0.29, 0.717) is 5.69 Å². The van der Waals surface area contributed by atoms with Gasteiger partial charge in [-0.05, 0) is 41.3 Å². The van der Waals surface area contributed by atoms with Crippen molar-refractivity contribution in [2.24, 2.45) is 5.92 Å². The maximum atomic E-state index is 12.9. The van der Waals surface area contributed by atoms with E-state index in [9.17, 15) is 9.59 Å². The number of pyridine rings is 1. The summed E-state index contributed by atoms with van der Waals surface area (Å²) in [6, 6.07) is 22.5. The number of hydrogen-bond acceptors (Lipinski definition) is 4. The maximum Gasteiger partial charge on any atom is 0.247 e. The molecule has 0 aliphatic carbocycles. The first kappa shape index (κ1) is 22.6. The zero-order valence-electron chi connectivity index (χ0n) is 17.7. The van der Waals surface area contributed by atoms with Crippen LogP contribution in [-0.2, 0) is 21.8 Å². The normalized spacial score (nSPS) is 11.7. The summed E-state index contributed by atoms with van der Waals surface area (Å²) in [7, 11) is 0. The summed E-state index contributed by atoms with van der Waals surface area (Å²) in [6.07, 6.45) is 2.02. The predicted octanol–water partition coefficient (Wildman–Crippen LogP) is 4.70. The number of benzene rings is 2. The quantitative estimate of drug-likeness (QED) is 0.480. The number of nitrogens with zero attached hydrogens (tertiary/aromatic N) is 1. The second-order valence-electron chi connectivity index (χ2n) is 7.60. The minimum absolute atomic E-state index is 0.0392. The van der Waals surface area contributed by atoms with Gasteiger partial charge in [0.05, 0.1) is 11.4 Å². The monoisotopic (exact) mass is 433 g/mol.